The van der Waals surface area contributed by atoms with Gasteiger partial charge in [0.1, 0.15) is 0 Å². The third-order valence-corrected chi connectivity index (χ3v) is 4.30. The SMILES string of the molecule is CCC1CCNC(C(=O)NCc2cccs2)C1. The quantitative estimate of drug-likeness (QED) is 0.862. The molecule has 94 valence electrons. The molecule has 2 N–H and O–H groups in total. The molecule has 1 aromatic rings. The van der Waals surface area contributed by atoms with Gasteiger partial charge in [0.25, 0.3) is 0 Å². The van der Waals surface area contributed by atoms with Crippen molar-refractivity contribution in [2.45, 2.75) is 38.8 Å². The van der Waals surface area contributed by atoms with E-state index in [9.17, 15) is 4.79 Å². The van der Waals surface area contributed by atoms with E-state index in [4.69, 9.17) is 0 Å². The molecule has 1 aromatic heterocycles. The van der Waals surface area contributed by atoms with E-state index in [1.807, 2.05) is 17.5 Å². The van der Waals surface area contributed by atoms with E-state index in [2.05, 4.69) is 17.6 Å². The molecule has 2 unspecified atom stereocenters. The lowest BCUT2D eigenvalue weighted by Crippen LogP contribution is -2.48. The van der Waals surface area contributed by atoms with Gasteiger partial charge in [-0.3, -0.25) is 4.79 Å². The van der Waals surface area contributed by atoms with Gasteiger partial charge in [0, 0.05) is 4.88 Å². The molecule has 1 saturated heterocycles. The number of thiophene rings is 1. The monoisotopic (exact) mass is 252 g/mol. The molecule has 3 nitrogen and oxygen atoms in total. The Kier molecular flexibility index (Phi) is 4.57. The molecular formula is C13H20N2OS. The molecular weight excluding hydrogens is 232 g/mol. The maximum Gasteiger partial charge on any atom is 0.237 e. The van der Waals surface area contributed by atoms with Crippen LogP contribution in [0.15, 0.2) is 17.5 Å². The van der Waals surface area contributed by atoms with E-state index >= 15 is 0 Å². The Bertz CT molecular complexity index is 350. The Balaban J connectivity index is 1.79. The van der Waals surface area contributed by atoms with Gasteiger partial charge in [-0.1, -0.05) is 19.4 Å². The van der Waals surface area contributed by atoms with Crippen LogP contribution >= 0.6 is 11.3 Å². The number of rotatable bonds is 4. The molecule has 0 aliphatic carbocycles. The summed E-state index contributed by atoms with van der Waals surface area (Å²) in [5.74, 6) is 0.852. The van der Waals surface area contributed by atoms with Crippen LogP contribution in [0.3, 0.4) is 0 Å². The van der Waals surface area contributed by atoms with E-state index in [0.717, 1.165) is 13.0 Å². The van der Waals surface area contributed by atoms with Crippen molar-refractivity contribution in [3.05, 3.63) is 22.4 Å². The molecule has 2 heterocycles. The Labute approximate surface area is 107 Å². The predicted octanol–water partition coefficient (Wildman–Crippen LogP) is 2.14. The summed E-state index contributed by atoms with van der Waals surface area (Å²) in [6.45, 7) is 3.83. The van der Waals surface area contributed by atoms with E-state index in [0.29, 0.717) is 12.5 Å². The van der Waals surface area contributed by atoms with Gasteiger partial charge in [0.15, 0.2) is 0 Å². The summed E-state index contributed by atoms with van der Waals surface area (Å²) >= 11 is 1.68. The minimum Gasteiger partial charge on any atom is -0.350 e. The Hall–Kier alpha value is -0.870. The van der Waals surface area contributed by atoms with Crippen LogP contribution in [0.25, 0.3) is 0 Å². The Morgan fingerprint density at radius 3 is 3.24 bits per heavy atom. The molecule has 1 aliphatic rings. The fraction of sp³-hybridized carbons (Fsp3) is 0.615. The first-order valence-corrected chi connectivity index (χ1v) is 7.21. The highest BCUT2D eigenvalue weighted by Gasteiger charge is 2.25. The van der Waals surface area contributed by atoms with Gasteiger partial charge in [0.2, 0.25) is 5.91 Å². The lowest BCUT2D eigenvalue weighted by molar-refractivity contribution is -0.124. The standard InChI is InChI=1S/C13H20N2OS/c1-2-10-5-6-14-12(8-10)13(16)15-9-11-4-3-7-17-11/h3-4,7,10,12,14H,2,5-6,8-9H2,1H3,(H,15,16). The average Bonchev–Trinajstić information content (AvgIpc) is 2.89. The van der Waals surface area contributed by atoms with Crippen molar-refractivity contribution in [1.29, 1.82) is 0 Å². The number of hydrogen-bond donors (Lipinski definition) is 2. The third-order valence-electron chi connectivity index (χ3n) is 3.42. The second-order valence-electron chi connectivity index (χ2n) is 4.60. The number of hydrogen-bond acceptors (Lipinski definition) is 3. The zero-order chi connectivity index (χ0) is 12.1. The van der Waals surface area contributed by atoms with Crippen molar-refractivity contribution in [1.82, 2.24) is 10.6 Å². The van der Waals surface area contributed by atoms with Crippen molar-refractivity contribution >= 4 is 17.2 Å². The molecule has 0 saturated carbocycles. The predicted molar refractivity (Wildman–Crippen MR) is 71.0 cm³/mol. The van der Waals surface area contributed by atoms with E-state index in [1.54, 1.807) is 11.3 Å². The van der Waals surface area contributed by atoms with Gasteiger partial charge in [-0.15, -0.1) is 11.3 Å². The van der Waals surface area contributed by atoms with E-state index in [1.165, 1.54) is 17.7 Å². The number of nitrogens with one attached hydrogen (secondary N) is 2. The first kappa shape index (κ1) is 12.6. The fourth-order valence-corrected chi connectivity index (χ4v) is 2.92. The number of carbonyl (C=O) groups is 1. The van der Waals surface area contributed by atoms with Crippen molar-refractivity contribution in [2.75, 3.05) is 6.54 Å². The minimum atomic E-state index is 0.00802. The zero-order valence-corrected chi connectivity index (χ0v) is 11.1. The molecule has 1 aliphatic heterocycles. The van der Waals surface area contributed by atoms with Crippen LogP contribution in [0.5, 0.6) is 0 Å². The maximum absolute atomic E-state index is 12.0. The molecule has 2 rings (SSSR count). The molecule has 4 heteroatoms. The second-order valence-corrected chi connectivity index (χ2v) is 5.63. The molecule has 1 fully saturated rings. The van der Waals surface area contributed by atoms with Crippen LogP contribution in [0, 0.1) is 5.92 Å². The highest BCUT2D eigenvalue weighted by Crippen LogP contribution is 2.19. The van der Waals surface area contributed by atoms with Gasteiger partial charge in [-0.25, -0.2) is 0 Å². The Morgan fingerprint density at radius 2 is 2.53 bits per heavy atom. The van der Waals surface area contributed by atoms with Gasteiger partial charge < -0.3 is 10.6 Å². The van der Waals surface area contributed by atoms with Gasteiger partial charge in [-0.2, -0.15) is 0 Å². The smallest absolute Gasteiger partial charge is 0.237 e. The summed E-state index contributed by atoms with van der Waals surface area (Å²) in [7, 11) is 0. The highest BCUT2D eigenvalue weighted by molar-refractivity contribution is 7.09. The van der Waals surface area contributed by atoms with E-state index in [-0.39, 0.29) is 11.9 Å². The second kappa shape index (κ2) is 6.17. The van der Waals surface area contributed by atoms with Gasteiger partial charge in [-0.05, 0) is 36.8 Å². The van der Waals surface area contributed by atoms with Crippen LogP contribution in [0.2, 0.25) is 0 Å². The van der Waals surface area contributed by atoms with Crippen LogP contribution in [0.4, 0.5) is 0 Å². The largest absolute Gasteiger partial charge is 0.350 e. The molecule has 1 amide bonds. The van der Waals surface area contributed by atoms with Crippen molar-refractivity contribution in [3.8, 4) is 0 Å². The lowest BCUT2D eigenvalue weighted by Gasteiger charge is -2.28. The summed E-state index contributed by atoms with van der Waals surface area (Å²) in [6, 6.07) is 4.07. The molecule has 0 bridgehead atoms. The summed E-state index contributed by atoms with van der Waals surface area (Å²) in [4.78, 5) is 13.2. The number of piperidine rings is 1. The molecule has 17 heavy (non-hydrogen) atoms. The van der Waals surface area contributed by atoms with Crippen molar-refractivity contribution < 1.29 is 4.79 Å². The highest BCUT2D eigenvalue weighted by atomic mass is 32.1. The maximum atomic E-state index is 12.0. The molecule has 0 radical (unpaired) electrons. The normalized spacial score (nSPS) is 24.5. The summed E-state index contributed by atoms with van der Waals surface area (Å²) in [5.41, 5.74) is 0. The fourth-order valence-electron chi connectivity index (χ4n) is 2.28. The zero-order valence-electron chi connectivity index (χ0n) is 10.2. The summed E-state index contributed by atoms with van der Waals surface area (Å²) in [5, 5.41) is 8.35. The minimum absolute atomic E-state index is 0.00802. The first-order valence-electron chi connectivity index (χ1n) is 6.33. The number of amides is 1. The summed E-state index contributed by atoms with van der Waals surface area (Å²) < 4.78 is 0. The van der Waals surface area contributed by atoms with Crippen LogP contribution < -0.4 is 10.6 Å². The van der Waals surface area contributed by atoms with Crippen molar-refractivity contribution in [2.24, 2.45) is 5.92 Å². The lowest BCUT2D eigenvalue weighted by atomic mass is 9.90. The van der Waals surface area contributed by atoms with Crippen LogP contribution in [0.1, 0.15) is 31.1 Å². The van der Waals surface area contributed by atoms with Gasteiger partial charge >= 0.3 is 0 Å². The molecule has 0 aromatic carbocycles. The third kappa shape index (κ3) is 3.54. The molecule has 0 spiro atoms. The average molecular weight is 252 g/mol. The topological polar surface area (TPSA) is 41.1 Å². The van der Waals surface area contributed by atoms with Gasteiger partial charge in [0.05, 0.1) is 12.6 Å². The van der Waals surface area contributed by atoms with E-state index < -0.39 is 0 Å². The van der Waals surface area contributed by atoms with Crippen LogP contribution in [-0.4, -0.2) is 18.5 Å². The summed E-state index contributed by atoms with van der Waals surface area (Å²) in [6.07, 6.45) is 3.36. The number of carbonyl (C=O) groups excluding carboxylic acids is 1. The first-order chi connectivity index (χ1) is 8.29. The van der Waals surface area contributed by atoms with Crippen molar-refractivity contribution in [3.63, 3.8) is 0 Å². The Morgan fingerprint density at radius 1 is 1.65 bits per heavy atom. The molecule has 2 atom stereocenters. The van der Waals surface area contributed by atoms with Crippen LogP contribution in [-0.2, 0) is 11.3 Å².